The first kappa shape index (κ1) is 16.8. The molecule has 0 radical (unpaired) electrons. The number of anilines is 1. The Balaban J connectivity index is 1.54. The van der Waals surface area contributed by atoms with Gasteiger partial charge in [0, 0.05) is 38.1 Å². The molecule has 2 aromatic rings. The summed E-state index contributed by atoms with van der Waals surface area (Å²) in [6.45, 7) is 3.68. The zero-order valence-electron chi connectivity index (χ0n) is 14.9. The number of hydrogen-bond donors (Lipinski definition) is 1. The molecule has 6 nitrogen and oxygen atoms in total. The largest absolute Gasteiger partial charge is 0.480 e. The summed E-state index contributed by atoms with van der Waals surface area (Å²) in [5.74, 6) is -0.0446. The molecule has 1 aromatic heterocycles. The fourth-order valence-corrected chi connectivity index (χ4v) is 4.52. The van der Waals surface area contributed by atoms with E-state index in [0.29, 0.717) is 13.0 Å². The van der Waals surface area contributed by atoms with Crippen LogP contribution in [0.5, 0.6) is 0 Å². The minimum absolute atomic E-state index is 0.0875. The van der Waals surface area contributed by atoms with E-state index in [1.165, 1.54) is 17.2 Å². The van der Waals surface area contributed by atoms with Crippen LogP contribution in [-0.4, -0.2) is 52.5 Å². The van der Waals surface area contributed by atoms with Crippen LogP contribution >= 0.6 is 0 Å². The number of nitrogens with zero attached hydrogens (tertiary/aromatic N) is 3. The van der Waals surface area contributed by atoms with Crippen molar-refractivity contribution in [2.75, 3.05) is 24.5 Å². The maximum absolute atomic E-state index is 11.9. The van der Waals surface area contributed by atoms with E-state index in [-0.39, 0.29) is 11.3 Å². The van der Waals surface area contributed by atoms with Gasteiger partial charge in [-0.2, -0.15) is 0 Å². The Morgan fingerprint density at radius 3 is 2.58 bits per heavy atom. The first-order chi connectivity index (χ1) is 12.5. The predicted octanol–water partition coefficient (Wildman–Crippen LogP) is 2.53. The summed E-state index contributed by atoms with van der Waals surface area (Å²) in [4.78, 5) is 31.8. The van der Waals surface area contributed by atoms with E-state index >= 15 is 0 Å². The molecule has 1 spiro atoms. The van der Waals surface area contributed by atoms with Crippen molar-refractivity contribution in [3.8, 4) is 0 Å². The summed E-state index contributed by atoms with van der Waals surface area (Å²) in [7, 11) is 0. The van der Waals surface area contributed by atoms with Crippen LogP contribution < -0.4 is 4.90 Å². The number of carboxylic acids is 1. The molecule has 2 aliphatic rings. The zero-order valence-corrected chi connectivity index (χ0v) is 14.9. The van der Waals surface area contributed by atoms with E-state index in [4.69, 9.17) is 0 Å². The third-order valence-electron chi connectivity index (χ3n) is 5.97. The summed E-state index contributed by atoms with van der Waals surface area (Å²) in [6, 6.07) is 9.57. The van der Waals surface area contributed by atoms with Crippen molar-refractivity contribution >= 4 is 28.5 Å². The van der Waals surface area contributed by atoms with Crippen molar-refractivity contribution in [2.45, 2.75) is 32.2 Å². The molecule has 0 saturated carbocycles. The Labute approximate surface area is 152 Å². The molecule has 3 heterocycles. The van der Waals surface area contributed by atoms with E-state index in [1.807, 2.05) is 24.4 Å². The summed E-state index contributed by atoms with van der Waals surface area (Å²) in [5, 5.41) is 11.8. The van der Waals surface area contributed by atoms with Crippen LogP contribution in [0.1, 0.15) is 26.2 Å². The highest BCUT2D eigenvalue weighted by molar-refractivity contribution is 5.92. The molecule has 136 valence electrons. The Morgan fingerprint density at radius 2 is 1.92 bits per heavy atom. The molecule has 0 unspecified atom stereocenters. The van der Waals surface area contributed by atoms with E-state index in [0.717, 1.165) is 37.1 Å². The van der Waals surface area contributed by atoms with Gasteiger partial charge in [-0.15, -0.1) is 0 Å². The molecular formula is C20H23N3O3. The molecule has 26 heavy (non-hydrogen) atoms. The maximum atomic E-state index is 11.9. The number of amides is 1. The fraction of sp³-hybridized carbons (Fsp3) is 0.450. The van der Waals surface area contributed by atoms with E-state index in [9.17, 15) is 14.7 Å². The standard InChI is InChI=1S/C20H23N3O3/c1-14(24)23-13-20(12-17(23)19(25)26)7-10-22(11-8-20)18-16-5-3-2-4-15(16)6-9-21-18/h2-6,9,17H,7-8,10-13H2,1H3,(H,25,26)/t17-/m1/s1. The Bertz CT molecular complexity index is 829. The van der Waals surface area contributed by atoms with Crippen molar-refractivity contribution in [3.63, 3.8) is 0 Å². The number of carbonyl (C=O) groups excluding carboxylic acids is 1. The first-order valence-corrected chi connectivity index (χ1v) is 9.08. The number of fused-ring (bicyclic) bond motifs is 1. The molecular weight excluding hydrogens is 330 g/mol. The molecule has 1 atom stereocenters. The Morgan fingerprint density at radius 1 is 1.19 bits per heavy atom. The number of hydrogen-bond acceptors (Lipinski definition) is 4. The van der Waals surface area contributed by atoms with Crippen LogP contribution in [0.25, 0.3) is 10.8 Å². The summed E-state index contributed by atoms with van der Waals surface area (Å²) in [5.41, 5.74) is -0.0875. The molecule has 4 rings (SSSR count). The van der Waals surface area contributed by atoms with Gasteiger partial charge in [-0.3, -0.25) is 4.79 Å². The van der Waals surface area contributed by atoms with Crippen LogP contribution in [0.2, 0.25) is 0 Å². The lowest BCUT2D eigenvalue weighted by Crippen LogP contribution is -2.42. The van der Waals surface area contributed by atoms with Gasteiger partial charge in [-0.1, -0.05) is 24.3 Å². The monoisotopic (exact) mass is 353 g/mol. The van der Waals surface area contributed by atoms with Crippen LogP contribution in [0.4, 0.5) is 5.82 Å². The number of carbonyl (C=O) groups is 2. The maximum Gasteiger partial charge on any atom is 0.326 e. The van der Waals surface area contributed by atoms with Gasteiger partial charge < -0.3 is 14.9 Å². The molecule has 1 amide bonds. The Hall–Kier alpha value is -2.63. The van der Waals surface area contributed by atoms with Crippen molar-refractivity contribution in [3.05, 3.63) is 36.5 Å². The number of benzene rings is 1. The summed E-state index contributed by atoms with van der Waals surface area (Å²) >= 11 is 0. The second-order valence-electron chi connectivity index (χ2n) is 7.55. The number of carboxylic acid groups (broad SMARTS) is 1. The lowest BCUT2D eigenvalue weighted by atomic mass is 9.76. The van der Waals surface area contributed by atoms with Gasteiger partial charge in [0.1, 0.15) is 11.9 Å². The topological polar surface area (TPSA) is 73.7 Å². The lowest BCUT2D eigenvalue weighted by molar-refractivity contribution is -0.147. The number of rotatable bonds is 2. The normalized spacial score (nSPS) is 22.1. The van der Waals surface area contributed by atoms with E-state index in [1.54, 1.807) is 0 Å². The van der Waals surface area contributed by atoms with Gasteiger partial charge >= 0.3 is 5.97 Å². The lowest BCUT2D eigenvalue weighted by Gasteiger charge is -2.40. The Kier molecular flexibility index (Phi) is 4.05. The van der Waals surface area contributed by atoms with Gasteiger partial charge in [0.25, 0.3) is 0 Å². The number of pyridine rings is 1. The number of aromatic nitrogens is 1. The quantitative estimate of drug-likeness (QED) is 0.898. The third kappa shape index (κ3) is 2.79. The number of aliphatic carboxylic acids is 1. The van der Waals surface area contributed by atoms with Gasteiger partial charge in [0.05, 0.1) is 0 Å². The minimum Gasteiger partial charge on any atom is -0.480 e. The number of piperidine rings is 1. The van der Waals surface area contributed by atoms with Crippen molar-refractivity contribution in [1.82, 2.24) is 9.88 Å². The molecule has 0 bridgehead atoms. The predicted molar refractivity (Wildman–Crippen MR) is 99.1 cm³/mol. The second-order valence-corrected chi connectivity index (χ2v) is 7.55. The van der Waals surface area contributed by atoms with Gasteiger partial charge in [0.2, 0.25) is 5.91 Å². The third-order valence-corrected chi connectivity index (χ3v) is 5.97. The summed E-state index contributed by atoms with van der Waals surface area (Å²) in [6.07, 6.45) is 4.16. The highest BCUT2D eigenvalue weighted by Crippen LogP contribution is 2.44. The van der Waals surface area contributed by atoms with E-state index < -0.39 is 12.0 Å². The first-order valence-electron chi connectivity index (χ1n) is 9.08. The highest BCUT2D eigenvalue weighted by atomic mass is 16.4. The van der Waals surface area contributed by atoms with Gasteiger partial charge in [0.15, 0.2) is 0 Å². The average molecular weight is 353 g/mol. The minimum atomic E-state index is -0.893. The van der Waals surface area contributed by atoms with Gasteiger partial charge in [-0.25, -0.2) is 9.78 Å². The van der Waals surface area contributed by atoms with Crippen molar-refractivity contribution in [1.29, 1.82) is 0 Å². The SMILES string of the molecule is CC(=O)N1CC2(CCN(c3nccc4ccccc34)CC2)C[C@@H]1C(=O)O. The van der Waals surface area contributed by atoms with Crippen molar-refractivity contribution in [2.24, 2.45) is 5.41 Å². The number of likely N-dealkylation sites (tertiary alicyclic amines) is 1. The highest BCUT2D eigenvalue weighted by Gasteiger charge is 2.49. The molecule has 0 aliphatic carbocycles. The summed E-state index contributed by atoms with van der Waals surface area (Å²) < 4.78 is 0. The second kappa shape index (κ2) is 6.27. The molecule has 6 heteroatoms. The molecule has 2 fully saturated rings. The smallest absolute Gasteiger partial charge is 0.326 e. The van der Waals surface area contributed by atoms with E-state index in [2.05, 4.69) is 22.0 Å². The average Bonchev–Trinajstić information content (AvgIpc) is 3.02. The molecule has 1 N–H and O–H groups in total. The molecule has 2 aliphatic heterocycles. The zero-order chi connectivity index (χ0) is 18.3. The molecule has 1 aromatic carbocycles. The van der Waals surface area contributed by atoms with Crippen molar-refractivity contribution < 1.29 is 14.7 Å². The van der Waals surface area contributed by atoms with Gasteiger partial charge in [-0.05, 0) is 36.1 Å². The van der Waals surface area contributed by atoms with Crippen LogP contribution in [0.15, 0.2) is 36.5 Å². The van der Waals surface area contributed by atoms with Crippen LogP contribution in [0.3, 0.4) is 0 Å². The fourth-order valence-electron chi connectivity index (χ4n) is 4.52. The van der Waals surface area contributed by atoms with Crippen LogP contribution in [-0.2, 0) is 9.59 Å². The van der Waals surface area contributed by atoms with Crippen LogP contribution in [0, 0.1) is 5.41 Å². The molecule has 2 saturated heterocycles.